The van der Waals surface area contributed by atoms with E-state index in [1.165, 1.54) is 19.3 Å². The van der Waals surface area contributed by atoms with Crippen molar-refractivity contribution in [2.45, 2.75) is 32.7 Å². The normalized spacial score (nSPS) is 23.9. The predicted molar refractivity (Wildman–Crippen MR) is 75.7 cm³/mol. The number of nitrogens with zero attached hydrogens (tertiary/aromatic N) is 2. The van der Waals surface area contributed by atoms with Crippen LogP contribution in [0.2, 0.25) is 5.02 Å². The monoisotopic (exact) mass is 263 g/mol. The standard InChI is InChI=1S/C14H18ClN3/c1-9-4-2-5-10(9)8-18-12-7-3-6-11(15)13(12)17-14(18)16/h3,6-7,9-10H,2,4-5,8H2,1H3,(H2,16,17). The van der Waals surface area contributed by atoms with Crippen molar-refractivity contribution in [3.05, 3.63) is 23.2 Å². The Hall–Kier alpha value is -1.22. The molecule has 1 aliphatic carbocycles. The van der Waals surface area contributed by atoms with Crippen LogP contribution >= 0.6 is 11.6 Å². The molecule has 0 saturated heterocycles. The third kappa shape index (κ3) is 1.87. The van der Waals surface area contributed by atoms with E-state index in [0.29, 0.717) is 16.9 Å². The van der Waals surface area contributed by atoms with Crippen molar-refractivity contribution >= 4 is 28.6 Å². The van der Waals surface area contributed by atoms with Crippen molar-refractivity contribution in [1.82, 2.24) is 9.55 Å². The molecule has 18 heavy (non-hydrogen) atoms. The molecule has 2 N–H and O–H groups in total. The second-order valence-electron chi connectivity index (χ2n) is 5.36. The highest BCUT2D eigenvalue weighted by atomic mass is 35.5. The molecule has 1 aromatic carbocycles. The van der Waals surface area contributed by atoms with Crippen molar-refractivity contribution in [3.8, 4) is 0 Å². The molecule has 0 amide bonds. The van der Waals surface area contributed by atoms with Gasteiger partial charge in [-0.15, -0.1) is 0 Å². The van der Waals surface area contributed by atoms with Gasteiger partial charge in [-0.2, -0.15) is 0 Å². The van der Waals surface area contributed by atoms with Gasteiger partial charge in [0.2, 0.25) is 5.95 Å². The van der Waals surface area contributed by atoms with E-state index in [1.54, 1.807) is 0 Å². The fourth-order valence-corrected chi connectivity index (χ4v) is 3.26. The number of nitrogen functional groups attached to an aromatic ring is 1. The van der Waals surface area contributed by atoms with Gasteiger partial charge in [-0.1, -0.05) is 37.4 Å². The van der Waals surface area contributed by atoms with Gasteiger partial charge in [0.15, 0.2) is 0 Å². The van der Waals surface area contributed by atoms with E-state index in [9.17, 15) is 0 Å². The van der Waals surface area contributed by atoms with Crippen molar-refractivity contribution in [2.75, 3.05) is 5.73 Å². The van der Waals surface area contributed by atoms with Crippen molar-refractivity contribution < 1.29 is 0 Å². The summed E-state index contributed by atoms with van der Waals surface area (Å²) in [6, 6.07) is 5.86. The summed E-state index contributed by atoms with van der Waals surface area (Å²) in [6.07, 6.45) is 3.96. The zero-order valence-corrected chi connectivity index (χ0v) is 11.3. The van der Waals surface area contributed by atoms with Gasteiger partial charge in [0.25, 0.3) is 0 Å². The molecule has 0 radical (unpaired) electrons. The zero-order chi connectivity index (χ0) is 12.7. The van der Waals surface area contributed by atoms with Crippen LogP contribution in [0.1, 0.15) is 26.2 Å². The lowest BCUT2D eigenvalue weighted by molar-refractivity contribution is 0.370. The molecule has 96 valence electrons. The van der Waals surface area contributed by atoms with E-state index in [-0.39, 0.29) is 0 Å². The number of imidazole rings is 1. The van der Waals surface area contributed by atoms with E-state index in [2.05, 4.69) is 16.5 Å². The first-order valence-corrected chi connectivity index (χ1v) is 6.95. The zero-order valence-electron chi connectivity index (χ0n) is 10.6. The minimum Gasteiger partial charge on any atom is -0.369 e. The number of rotatable bonds is 2. The van der Waals surface area contributed by atoms with Crippen LogP contribution in [0.15, 0.2) is 18.2 Å². The summed E-state index contributed by atoms with van der Waals surface area (Å²) in [5.41, 5.74) is 7.92. The van der Waals surface area contributed by atoms with Crippen molar-refractivity contribution in [2.24, 2.45) is 11.8 Å². The number of para-hydroxylation sites is 1. The maximum Gasteiger partial charge on any atom is 0.201 e. The van der Waals surface area contributed by atoms with E-state index >= 15 is 0 Å². The van der Waals surface area contributed by atoms with Gasteiger partial charge in [0, 0.05) is 6.54 Å². The molecule has 0 bridgehead atoms. The molecule has 2 unspecified atom stereocenters. The van der Waals surface area contributed by atoms with Crippen LogP contribution in [-0.4, -0.2) is 9.55 Å². The lowest BCUT2D eigenvalue weighted by Gasteiger charge is -2.17. The van der Waals surface area contributed by atoms with Gasteiger partial charge in [-0.3, -0.25) is 0 Å². The average molecular weight is 264 g/mol. The Balaban J connectivity index is 2.01. The molecule has 1 saturated carbocycles. The Kier molecular flexibility index (Phi) is 2.94. The van der Waals surface area contributed by atoms with Crippen LogP contribution < -0.4 is 5.73 Å². The van der Waals surface area contributed by atoms with Crippen LogP contribution in [0.4, 0.5) is 5.95 Å². The molecule has 2 aromatic rings. The second kappa shape index (κ2) is 4.47. The maximum atomic E-state index is 6.16. The Labute approximate surface area is 112 Å². The third-order valence-electron chi connectivity index (χ3n) is 4.22. The fourth-order valence-electron chi connectivity index (χ4n) is 3.05. The molecule has 4 heteroatoms. The quantitative estimate of drug-likeness (QED) is 0.898. The smallest absolute Gasteiger partial charge is 0.201 e. The molecule has 1 aliphatic rings. The summed E-state index contributed by atoms with van der Waals surface area (Å²) in [4.78, 5) is 4.39. The lowest BCUT2D eigenvalue weighted by Crippen LogP contribution is -2.14. The van der Waals surface area contributed by atoms with Gasteiger partial charge in [0.05, 0.1) is 10.5 Å². The Morgan fingerprint density at radius 2 is 2.28 bits per heavy atom. The summed E-state index contributed by atoms with van der Waals surface area (Å²) in [5.74, 6) is 2.07. The largest absolute Gasteiger partial charge is 0.369 e. The number of nitrogens with two attached hydrogens (primary N) is 1. The molecular weight excluding hydrogens is 246 g/mol. The highest BCUT2D eigenvalue weighted by molar-refractivity contribution is 6.35. The fraction of sp³-hybridized carbons (Fsp3) is 0.500. The SMILES string of the molecule is CC1CCCC1Cn1c(N)nc2c(Cl)cccc21. The van der Waals surface area contributed by atoms with Gasteiger partial charge in [0.1, 0.15) is 5.52 Å². The van der Waals surface area contributed by atoms with Crippen LogP contribution in [0, 0.1) is 11.8 Å². The summed E-state index contributed by atoms with van der Waals surface area (Å²) < 4.78 is 2.12. The van der Waals surface area contributed by atoms with Gasteiger partial charge < -0.3 is 10.3 Å². The highest BCUT2D eigenvalue weighted by Gasteiger charge is 2.25. The molecule has 1 aromatic heterocycles. The van der Waals surface area contributed by atoms with E-state index in [1.807, 2.05) is 18.2 Å². The van der Waals surface area contributed by atoms with E-state index in [4.69, 9.17) is 17.3 Å². The number of hydrogen-bond donors (Lipinski definition) is 1. The van der Waals surface area contributed by atoms with Crippen LogP contribution in [0.3, 0.4) is 0 Å². The van der Waals surface area contributed by atoms with Gasteiger partial charge in [-0.05, 0) is 30.4 Å². The summed E-state index contributed by atoms with van der Waals surface area (Å²) in [5, 5.41) is 0.678. The highest BCUT2D eigenvalue weighted by Crippen LogP contribution is 2.34. The summed E-state index contributed by atoms with van der Waals surface area (Å²) in [7, 11) is 0. The first-order valence-electron chi connectivity index (χ1n) is 6.57. The second-order valence-corrected chi connectivity index (χ2v) is 5.76. The van der Waals surface area contributed by atoms with Crippen LogP contribution in [0.5, 0.6) is 0 Å². The molecule has 3 nitrogen and oxygen atoms in total. The Morgan fingerprint density at radius 3 is 3.00 bits per heavy atom. The number of halogens is 1. The first kappa shape index (κ1) is 11.8. The Bertz CT molecular complexity index is 576. The summed E-state index contributed by atoms with van der Waals surface area (Å²) >= 11 is 6.16. The molecular formula is C14H18ClN3. The molecule has 1 heterocycles. The summed E-state index contributed by atoms with van der Waals surface area (Å²) in [6.45, 7) is 3.30. The van der Waals surface area contributed by atoms with Gasteiger partial charge in [-0.25, -0.2) is 4.98 Å². The van der Waals surface area contributed by atoms with Crippen LogP contribution in [0.25, 0.3) is 11.0 Å². The number of fused-ring (bicyclic) bond motifs is 1. The topological polar surface area (TPSA) is 43.8 Å². The molecule has 1 fully saturated rings. The van der Waals surface area contributed by atoms with Gasteiger partial charge >= 0.3 is 0 Å². The minimum atomic E-state index is 0.581. The number of aromatic nitrogens is 2. The first-order chi connectivity index (χ1) is 8.66. The average Bonchev–Trinajstić information content (AvgIpc) is 2.87. The van der Waals surface area contributed by atoms with Crippen LogP contribution in [-0.2, 0) is 6.54 Å². The third-order valence-corrected chi connectivity index (χ3v) is 4.52. The van der Waals surface area contributed by atoms with Crippen molar-refractivity contribution in [1.29, 1.82) is 0 Å². The molecule has 0 spiro atoms. The Morgan fingerprint density at radius 1 is 1.44 bits per heavy atom. The minimum absolute atomic E-state index is 0.581. The molecule has 3 rings (SSSR count). The molecule has 2 atom stereocenters. The van der Waals surface area contributed by atoms with E-state index < -0.39 is 0 Å². The predicted octanol–water partition coefficient (Wildman–Crippen LogP) is 3.71. The van der Waals surface area contributed by atoms with E-state index in [0.717, 1.165) is 23.5 Å². The maximum absolute atomic E-state index is 6.16. The molecule has 0 aliphatic heterocycles. The number of anilines is 1. The lowest BCUT2D eigenvalue weighted by atomic mass is 9.98. The number of hydrogen-bond acceptors (Lipinski definition) is 2. The van der Waals surface area contributed by atoms with Crippen molar-refractivity contribution in [3.63, 3.8) is 0 Å². The number of benzene rings is 1.